The largest absolute Gasteiger partial charge is 0.494 e. The van der Waals surface area contributed by atoms with Gasteiger partial charge in [0.1, 0.15) is 5.75 Å². The summed E-state index contributed by atoms with van der Waals surface area (Å²) in [4.78, 5) is 2.31. The number of hydrogen-bond acceptors (Lipinski definition) is 4. The molecule has 1 atom stereocenters. The Morgan fingerprint density at radius 2 is 2.05 bits per heavy atom. The second-order valence-electron chi connectivity index (χ2n) is 4.95. The van der Waals surface area contributed by atoms with Gasteiger partial charge in [0, 0.05) is 39.1 Å². The van der Waals surface area contributed by atoms with Gasteiger partial charge in [-0.25, -0.2) is 0 Å². The molecule has 2 rings (SSSR count). The third-order valence-electron chi connectivity index (χ3n) is 3.41. The molecule has 0 amide bonds. The summed E-state index contributed by atoms with van der Waals surface area (Å²) in [5.74, 6) is 0.893. The molecular weight excluding hydrogens is 240 g/mol. The lowest BCUT2D eigenvalue weighted by Gasteiger charge is -2.29. The average Bonchev–Trinajstić information content (AvgIpc) is 2.42. The van der Waals surface area contributed by atoms with E-state index < -0.39 is 0 Å². The van der Waals surface area contributed by atoms with Crippen molar-refractivity contribution in [3.63, 3.8) is 0 Å². The van der Waals surface area contributed by atoms with Gasteiger partial charge >= 0.3 is 0 Å². The van der Waals surface area contributed by atoms with Gasteiger partial charge in [-0.2, -0.15) is 0 Å². The number of para-hydroxylation sites is 1. The van der Waals surface area contributed by atoms with Gasteiger partial charge in [0.25, 0.3) is 0 Å². The van der Waals surface area contributed by atoms with Crippen molar-refractivity contribution in [1.29, 1.82) is 0 Å². The van der Waals surface area contributed by atoms with Crippen molar-refractivity contribution in [3.8, 4) is 5.75 Å². The van der Waals surface area contributed by atoms with Crippen molar-refractivity contribution < 1.29 is 9.84 Å². The van der Waals surface area contributed by atoms with Gasteiger partial charge in [-0.1, -0.05) is 18.2 Å². The zero-order valence-electron chi connectivity index (χ0n) is 11.6. The summed E-state index contributed by atoms with van der Waals surface area (Å²) < 4.78 is 5.59. The van der Waals surface area contributed by atoms with E-state index >= 15 is 0 Å². The minimum atomic E-state index is -0.334. The van der Waals surface area contributed by atoms with Crippen molar-refractivity contribution in [1.82, 2.24) is 10.2 Å². The molecule has 4 heteroatoms. The molecule has 1 aliphatic rings. The highest BCUT2D eigenvalue weighted by Crippen LogP contribution is 2.19. The average molecular weight is 264 g/mol. The number of aliphatic hydroxyl groups is 1. The number of nitrogens with one attached hydrogen (secondary N) is 1. The molecule has 19 heavy (non-hydrogen) atoms. The topological polar surface area (TPSA) is 44.7 Å². The van der Waals surface area contributed by atoms with E-state index in [1.165, 1.54) is 0 Å². The molecule has 1 heterocycles. The highest BCUT2D eigenvalue weighted by atomic mass is 16.5. The summed E-state index contributed by atoms with van der Waals surface area (Å²) in [7, 11) is 0. The van der Waals surface area contributed by atoms with Gasteiger partial charge in [-0.3, -0.25) is 4.90 Å². The van der Waals surface area contributed by atoms with E-state index in [1.807, 2.05) is 31.2 Å². The summed E-state index contributed by atoms with van der Waals surface area (Å²) in [5, 5.41) is 13.6. The van der Waals surface area contributed by atoms with Crippen LogP contribution in [0.3, 0.4) is 0 Å². The Morgan fingerprint density at radius 3 is 2.79 bits per heavy atom. The summed E-state index contributed by atoms with van der Waals surface area (Å²) >= 11 is 0. The Labute approximate surface area is 115 Å². The van der Waals surface area contributed by atoms with E-state index in [4.69, 9.17) is 4.74 Å². The van der Waals surface area contributed by atoms with Gasteiger partial charge < -0.3 is 15.2 Å². The second-order valence-corrected chi connectivity index (χ2v) is 4.95. The summed E-state index contributed by atoms with van der Waals surface area (Å²) in [6, 6.07) is 7.97. The number of β-amino-alcohol motifs (C(OH)–C–C–N with tert-alkyl or cyclic N) is 1. The van der Waals surface area contributed by atoms with Crippen molar-refractivity contribution in [3.05, 3.63) is 29.8 Å². The van der Waals surface area contributed by atoms with Crippen LogP contribution in [0.25, 0.3) is 0 Å². The summed E-state index contributed by atoms with van der Waals surface area (Å²) in [5.41, 5.74) is 1.09. The van der Waals surface area contributed by atoms with E-state index in [2.05, 4.69) is 10.2 Å². The van der Waals surface area contributed by atoms with Crippen LogP contribution in [0.15, 0.2) is 24.3 Å². The lowest BCUT2D eigenvalue weighted by atomic mass is 10.1. The van der Waals surface area contributed by atoms with Crippen molar-refractivity contribution >= 4 is 0 Å². The number of rotatable bonds is 6. The van der Waals surface area contributed by atoms with Gasteiger partial charge in [0.05, 0.1) is 12.7 Å². The van der Waals surface area contributed by atoms with E-state index in [0.29, 0.717) is 13.0 Å². The smallest absolute Gasteiger partial charge is 0.122 e. The van der Waals surface area contributed by atoms with Crippen LogP contribution in [0.4, 0.5) is 0 Å². The van der Waals surface area contributed by atoms with Crippen molar-refractivity contribution in [2.75, 3.05) is 39.3 Å². The number of hydrogen-bond donors (Lipinski definition) is 2. The predicted octanol–water partition coefficient (Wildman–Crippen LogP) is 0.894. The fraction of sp³-hybridized carbons (Fsp3) is 0.600. The van der Waals surface area contributed by atoms with Gasteiger partial charge in [-0.05, 0) is 18.6 Å². The second kappa shape index (κ2) is 7.48. The molecule has 0 aliphatic carbocycles. The number of aliphatic hydroxyl groups excluding tert-OH is 1. The molecule has 1 saturated heterocycles. The highest BCUT2D eigenvalue weighted by Gasteiger charge is 2.16. The zero-order chi connectivity index (χ0) is 13.5. The molecule has 1 aliphatic heterocycles. The molecular formula is C15H24N2O2. The van der Waals surface area contributed by atoms with Crippen molar-refractivity contribution in [2.45, 2.75) is 19.4 Å². The molecule has 106 valence electrons. The van der Waals surface area contributed by atoms with Gasteiger partial charge in [0.15, 0.2) is 0 Å². The highest BCUT2D eigenvalue weighted by molar-refractivity contribution is 5.33. The van der Waals surface area contributed by atoms with Gasteiger partial charge in [-0.15, -0.1) is 0 Å². The normalized spacial score (nSPS) is 18.2. The first kappa shape index (κ1) is 14.3. The minimum absolute atomic E-state index is 0.334. The van der Waals surface area contributed by atoms with E-state index in [9.17, 15) is 5.11 Å². The molecule has 4 nitrogen and oxygen atoms in total. The van der Waals surface area contributed by atoms with E-state index in [-0.39, 0.29) is 6.10 Å². The van der Waals surface area contributed by atoms with Gasteiger partial charge in [0.2, 0.25) is 0 Å². The fourth-order valence-electron chi connectivity index (χ4n) is 2.48. The molecule has 0 radical (unpaired) electrons. The Hall–Kier alpha value is -1.10. The van der Waals surface area contributed by atoms with Crippen LogP contribution < -0.4 is 10.1 Å². The van der Waals surface area contributed by atoms with Crippen LogP contribution in [0, 0.1) is 0 Å². The molecule has 1 fully saturated rings. The molecule has 1 aromatic carbocycles. The number of ether oxygens (including phenoxy) is 1. The van der Waals surface area contributed by atoms with Crippen LogP contribution in [-0.2, 0) is 6.42 Å². The van der Waals surface area contributed by atoms with Crippen LogP contribution in [0.1, 0.15) is 12.5 Å². The Bertz CT molecular complexity index is 378. The quantitative estimate of drug-likeness (QED) is 0.801. The number of benzene rings is 1. The summed E-state index contributed by atoms with van der Waals surface area (Å²) in [6.07, 6.45) is 0.319. The van der Waals surface area contributed by atoms with E-state index in [0.717, 1.165) is 44.0 Å². The Balaban J connectivity index is 1.88. The standard InChI is InChI=1S/C15H24N2O2/c1-2-19-15-6-4-3-5-13(15)11-14(18)12-17-9-7-16-8-10-17/h3-6,14,16,18H,2,7-12H2,1H3. The summed E-state index contributed by atoms with van der Waals surface area (Å²) in [6.45, 7) is 7.44. The maximum absolute atomic E-state index is 10.2. The predicted molar refractivity (Wildman–Crippen MR) is 76.6 cm³/mol. The number of piperazine rings is 1. The lowest BCUT2D eigenvalue weighted by Crippen LogP contribution is -2.46. The van der Waals surface area contributed by atoms with Crippen LogP contribution in [0.5, 0.6) is 5.75 Å². The third kappa shape index (κ3) is 4.49. The molecule has 0 saturated carbocycles. The minimum Gasteiger partial charge on any atom is -0.494 e. The number of nitrogens with zero attached hydrogens (tertiary/aromatic N) is 1. The fourth-order valence-corrected chi connectivity index (χ4v) is 2.48. The third-order valence-corrected chi connectivity index (χ3v) is 3.41. The molecule has 2 N–H and O–H groups in total. The Morgan fingerprint density at radius 1 is 1.32 bits per heavy atom. The molecule has 0 spiro atoms. The molecule has 0 aromatic heterocycles. The Kier molecular flexibility index (Phi) is 5.63. The van der Waals surface area contributed by atoms with Crippen LogP contribution in [-0.4, -0.2) is 55.4 Å². The maximum atomic E-state index is 10.2. The van der Waals surface area contributed by atoms with Crippen molar-refractivity contribution in [2.24, 2.45) is 0 Å². The first-order valence-corrected chi connectivity index (χ1v) is 7.11. The molecule has 1 aromatic rings. The first-order valence-electron chi connectivity index (χ1n) is 7.11. The maximum Gasteiger partial charge on any atom is 0.122 e. The zero-order valence-corrected chi connectivity index (χ0v) is 11.6. The lowest BCUT2D eigenvalue weighted by molar-refractivity contribution is 0.104. The van der Waals surface area contributed by atoms with Crippen LogP contribution >= 0.6 is 0 Å². The molecule has 0 bridgehead atoms. The van der Waals surface area contributed by atoms with Crippen LogP contribution in [0.2, 0.25) is 0 Å². The monoisotopic (exact) mass is 264 g/mol. The molecule has 1 unspecified atom stereocenters. The first-order chi connectivity index (χ1) is 9.29. The SMILES string of the molecule is CCOc1ccccc1CC(O)CN1CCNCC1. The van der Waals surface area contributed by atoms with E-state index in [1.54, 1.807) is 0 Å².